The van der Waals surface area contributed by atoms with Crippen LogP contribution in [0.1, 0.15) is 25.5 Å². The second-order valence-electron chi connectivity index (χ2n) is 5.95. The molecule has 140 valence electrons. The highest BCUT2D eigenvalue weighted by Crippen LogP contribution is 2.25. The molecule has 5 heteroatoms. The van der Waals surface area contributed by atoms with Gasteiger partial charge in [-0.2, -0.15) is 0 Å². The van der Waals surface area contributed by atoms with Crippen LogP contribution in [0, 0.1) is 0 Å². The van der Waals surface area contributed by atoms with E-state index in [9.17, 15) is 4.79 Å². The van der Waals surface area contributed by atoms with Gasteiger partial charge in [-0.15, -0.1) is 0 Å². The van der Waals surface area contributed by atoms with Crippen molar-refractivity contribution in [2.45, 2.75) is 26.0 Å². The molecule has 0 heterocycles. The molecule has 0 bridgehead atoms. The van der Waals surface area contributed by atoms with Gasteiger partial charge in [0.2, 0.25) is 0 Å². The number of rotatable bonds is 9. The van der Waals surface area contributed by atoms with Crippen LogP contribution < -0.4 is 5.32 Å². The van der Waals surface area contributed by atoms with Gasteiger partial charge in [-0.3, -0.25) is 10.2 Å². The molecule has 2 aromatic carbocycles. The number of ether oxygens (including phenoxy) is 2. The largest absolute Gasteiger partial charge is 0.448 e. The summed E-state index contributed by atoms with van der Waals surface area (Å²) in [6.45, 7) is 6.12. The topological polar surface area (TPSA) is 50.8 Å². The predicted octanol–water partition coefficient (Wildman–Crippen LogP) is 4.33. The molecular formula is C21H28N2O3. The molecule has 2 unspecified atom stereocenters. The second-order valence-corrected chi connectivity index (χ2v) is 5.95. The van der Waals surface area contributed by atoms with Crippen molar-refractivity contribution in [1.82, 2.24) is 4.90 Å². The third-order valence-corrected chi connectivity index (χ3v) is 4.42. The van der Waals surface area contributed by atoms with E-state index in [-0.39, 0.29) is 18.8 Å². The third kappa shape index (κ3) is 5.58. The summed E-state index contributed by atoms with van der Waals surface area (Å²) in [7, 11) is 1.69. The fourth-order valence-electron chi connectivity index (χ4n) is 3.07. The summed E-state index contributed by atoms with van der Waals surface area (Å²) in [6, 6.07) is 19.2. The number of likely N-dealkylation sites (N-methyl/N-ethyl adjacent to an activating group) is 1. The Hall–Kier alpha value is -2.37. The zero-order chi connectivity index (χ0) is 18.8. The molecule has 1 N–H and O–H groups in total. The first kappa shape index (κ1) is 19.9. The van der Waals surface area contributed by atoms with Crippen LogP contribution in [0.3, 0.4) is 0 Å². The van der Waals surface area contributed by atoms with Crippen molar-refractivity contribution in [1.29, 1.82) is 0 Å². The zero-order valence-electron chi connectivity index (χ0n) is 15.7. The van der Waals surface area contributed by atoms with Gasteiger partial charge in [-0.25, -0.2) is 4.79 Å². The highest BCUT2D eigenvalue weighted by Gasteiger charge is 2.28. The number of methoxy groups -OCH3 is 1. The molecule has 5 nitrogen and oxygen atoms in total. The molecule has 0 saturated carbocycles. The van der Waals surface area contributed by atoms with Gasteiger partial charge in [0.05, 0.1) is 6.04 Å². The molecule has 0 aliphatic rings. The average molecular weight is 356 g/mol. The lowest BCUT2D eigenvalue weighted by Crippen LogP contribution is -2.44. The Kier molecular flexibility index (Phi) is 8.12. The van der Waals surface area contributed by atoms with E-state index < -0.39 is 6.09 Å². The predicted molar refractivity (Wildman–Crippen MR) is 104 cm³/mol. The average Bonchev–Trinajstić information content (AvgIpc) is 2.68. The number of carbonyl (C=O) groups excluding carboxylic acids is 1. The van der Waals surface area contributed by atoms with E-state index in [2.05, 4.69) is 24.1 Å². The van der Waals surface area contributed by atoms with E-state index in [1.54, 1.807) is 7.11 Å². The number of hydrogen-bond acceptors (Lipinski definition) is 4. The van der Waals surface area contributed by atoms with Crippen LogP contribution >= 0.6 is 0 Å². The molecule has 26 heavy (non-hydrogen) atoms. The Morgan fingerprint density at radius 1 is 1.00 bits per heavy atom. The monoisotopic (exact) mass is 356 g/mol. The van der Waals surface area contributed by atoms with E-state index in [1.807, 2.05) is 60.7 Å². The van der Waals surface area contributed by atoms with Crippen LogP contribution in [0.5, 0.6) is 0 Å². The molecule has 0 saturated heterocycles. The minimum absolute atomic E-state index is 0.0704. The number of para-hydroxylation sites is 1. The molecule has 0 aromatic heterocycles. The van der Waals surface area contributed by atoms with E-state index in [1.165, 1.54) is 0 Å². The summed E-state index contributed by atoms with van der Waals surface area (Å²) >= 11 is 0. The van der Waals surface area contributed by atoms with Crippen LogP contribution in [0.25, 0.3) is 0 Å². The van der Waals surface area contributed by atoms with Crippen molar-refractivity contribution < 1.29 is 14.3 Å². The Labute approximate surface area is 155 Å². The fourth-order valence-corrected chi connectivity index (χ4v) is 3.07. The van der Waals surface area contributed by atoms with Crippen LogP contribution in [-0.4, -0.2) is 43.8 Å². The van der Waals surface area contributed by atoms with Gasteiger partial charge in [0.25, 0.3) is 0 Å². The van der Waals surface area contributed by atoms with Crippen molar-refractivity contribution in [2.75, 3.05) is 32.1 Å². The van der Waals surface area contributed by atoms with Gasteiger partial charge in [0.1, 0.15) is 12.7 Å². The lowest BCUT2D eigenvalue weighted by atomic mass is 10.0. The van der Waals surface area contributed by atoms with Crippen LogP contribution in [0.15, 0.2) is 60.7 Å². The number of carbonyl (C=O) groups is 1. The molecule has 0 aliphatic carbocycles. The fraction of sp³-hybridized carbons (Fsp3) is 0.381. The van der Waals surface area contributed by atoms with E-state index >= 15 is 0 Å². The first-order chi connectivity index (χ1) is 12.7. The minimum Gasteiger partial charge on any atom is -0.448 e. The van der Waals surface area contributed by atoms with Gasteiger partial charge in [-0.05, 0) is 30.8 Å². The Bertz CT molecular complexity index is 645. The molecule has 2 rings (SSSR count). The second kappa shape index (κ2) is 10.6. The summed E-state index contributed by atoms with van der Waals surface area (Å²) in [4.78, 5) is 14.4. The summed E-state index contributed by atoms with van der Waals surface area (Å²) in [5, 5.41) is 2.75. The molecule has 2 aromatic rings. The highest BCUT2D eigenvalue weighted by molar-refractivity contribution is 5.84. The standard InChI is InChI=1S/C21H28N2O3/c1-4-23(5-2)19(20(25-3)17-12-8-6-9-13-17)16-26-21(24)22-18-14-10-7-11-15-18/h6-15,19-20H,4-5,16H2,1-3H3,(H,22,24). The zero-order valence-corrected chi connectivity index (χ0v) is 15.7. The quantitative estimate of drug-likeness (QED) is 0.726. The maximum absolute atomic E-state index is 12.2. The maximum atomic E-state index is 12.2. The third-order valence-electron chi connectivity index (χ3n) is 4.42. The summed E-state index contributed by atoms with van der Waals surface area (Å²) in [5.41, 5.74) is 1.78. The van der Waals surface area contributed by atoms with Gasteiger partial charge >= 0.3 is 6.09 Å². The van der Waals surface area contributed by atoms with E-state index in [0.29, 0.717) is 5.69 Å². The van der Waals surface area contributed by atoms with Crippen molar-refractivity contribution >= 4 is 11.8 Å². The van der Waals surface area contributed by atoms with Crippen molar-refractivity contribution in [3.63, 3.8) is 0 Å². The lowest BCUT2D eigenvalue weighted by Gasteiger charge is -2.35. The number of anilines is 1. The van der Waals surface area contributed by atoms with Crippen LogP contribution in [-0.2, 0) is 9.47 Å². The molecule has 1 amide bonds. The normalized spacial score (nSPS) is 13.2. The summed E-state index contributed by atoms with van der Waals surface area (Å²) in [5.74, 6) is 0. The number of benzene rings is 2. The number of nitrogens with zero attached hydrogens (tertiary/aromatic N) is 1. The van der Waals surface area contributed by atoms with E-state index in [4.69, 9.17) is 9.47 Å². The first-order valence-electron chi connectivity index (χ1n) is 9.00. The molecule has 0 fully saturated rings. The van der Waals surface area contributed by atoms with Crippen molar-refractivity contribution in [3.8, 4) is 0 Å². The summed E-state index contributed by atoms with van der Waals surface area (Å²) < 4.78 is 11.3. The van der Waals surface area contributed by atoms with Gasteiger partial charge in [0.15, 0.2) is 0 Å². The number of nitrogens with one attached hydrogen (secondary N) is 1. The molecule has 0 spiro atoms. The Morgan fingerprint density at radius 2 is 1.58 bits per heavy atom. The first-order valence-corrected chi connectivity index (χ1v) is 9.00. The van der Waals surface area contributed by atoms with Gasteiger partial charge < -0.3 is 9.47 Å². The number of amides is 1. The molecule has 0 aliphatic heterocycles. The Morgan fingerprint density at radius 3 is 2.12 bits per heavy atom. The number of hydrogen-bond donors (Lipinski definition) is 1. The lowest BCUT2D eigenvalue weighted by molar-refractivity contribution is -0.0117. The molecular weight excluding hydrogens is 328 g/mol. The van der Waals surface area contributed by atoms with Crippen molar-refractivity contribution in [2.24, 2.45) is 0 Å². The Balaban J connectivity index is 2.08. The molecule has 2 atom stereocenters. The van der Waals surface area contributed by atoms with Crippen molar-refractivity contribution in [3.05, 3.63) is 66.2 Å². The van der Waals surface area contributed by atoms with Crippen LogP contribution in [0.2, 0.25) is 0 Å². The summed E-state index contributed by atoms with van der Waals surface area (Å²) in [6.07, 6.45) is -0.642. The smallest absolute Gasteiger partial charge is 0.411 e. The SMILES string of the molecule is CCN(CC)C(COC(=O)Nc1ccccc1)C(OC)c1ccccc1. The van der Waals surface area contributed by atoms with Crippen LogP contribution in [0.4, 0.5) is 10.5 Å². The van der Waals surface area contributed by atoms with Gasteiger partial charge in [-0.1, -0.05) is 62.4 Å². The highest BCUT2D eigenvalue weighted by atomic mass is 16.6. The van der Waals surface area contributed by atoms with E-state index in [0.717, 1.165) is 18.7 Å². The molecule has 0 radical (unpaired) electrons. The minimum atomic E-state index is -0.462. The van der Waals surface area contributed by atoms with Gasteiger partial charge in [0, 0.05) is 12.8 Å². The maximum Gasteiger partial charge on any atom is 0.411 e.